The molecule has 0 saturated carbocycles. The van der Waals surface area contributed by atoms with Crippen molar-refractivity contribution in [2.24, 2.45) is 21.7 Å². The number of nitrogens with zero attached hydrogens (tertiary/aromatic N) is 1. The molecule has 10 nitrogen and oxygen atoms in total. The van der Waals surface area contributed by atoms with Crippen molar-refractivity contribution >= 4 is 23.9 Å². The zero-order valence-corrected chi connectivity index (χ0v) is 30.7. The van der Waals surface area contributed by atoms with Crippen LogP contribution in [-0.4, -0.2) is 72.6 Å². The fourth-order valence-corrected chi connectivity index (χ4v) is 4.53. The number of hydrogen-bond acceptors (Lipinski definition) is 10. The maximum Gasteiger partial charge on any atom is 0.311 e. The SMILES string of the molecule is C=CCN(C(C)c1ccccc1)C1OC(COC(=O)C(C)(C)C)C(OC(=O)C(C)(C)C)C(OC(=O)C(C)(C)C)C1OC(=O)C(C)(C)C. The summed E-state index contributed by atoms with van der Waals surface area (Å²) in [7, 11) is 0. The highest BCUT2D eigenvalue weighted by Crippen LogP contribution is 2.37. The molecule has 1 fully saturated rings. The van der Waals surface area contributed by atoms with Gasteiger partial charge < -0.3 is 23.7 Å². The van der Waals surface area contributed by atoms with Crippen molar-refractivity contribution in [3.8, 4) is 0 Å². The number of esters is 4. The van der Waals surface area contributed by atoms with Crippen LogP contribution in [0.4, 0.5) is 0 Å². The minimum atomic E-state index is -1.33. The average molecular weight is 660 g/mol. The molecule has 2 rings (SSSR count). The summed E-state index contributed by atoms with van der Waals surface area (Å²) in [6.07, 6.45) is -4.34. The van der Waals surface area contributed by atoms with Crippen LogP contribution in [0, 0.1) is 21.7 Å². The predicted molar refractivity (Wildman–Crippen MR) is 179 cm³/mol. The fourth-order valence-electron chi connectivity index (χ4n) is 4.53. The van der Waals surface area contributed by atoms with Gasteiger partial charge in [-0.15, -0.1) is 6.58 Å². The van der Waals surface area contributed by atoms with Crippen molar-refractivity contribution in [3.05, 3.63) is 48.6 Å². The Bertz CT molecular complexity index is 1250. The Labute approximate surface area is 281 Å². The summed E-state index contributed by atoms with van der Waals surface area (Å²) in [6, 6.07) is 9.37. The molecule has 0 amide bonds. The number of ether oxygens (including phenoxy) is 5. The van der Waals surface area contributed by atoms with E-state index in [1.54, 1.807) is 89.2 Å². The monoisotopic (exact) mass is 659 g/mol. The van der Waals surface area contributed by atoms with Crippen molar-refractivity contribution in [2.45, 2.75) is 127 Å². The van der Waals surface area contributed by atoms with Crippen LogP contribution < -0.4 is 0 Å². The molecule has 0 aliphatic carbocycles. The topological polar surface area (TPSA) is 118 Å². The van der Waals surface area contributed by atoms with Crippen LogP contribution in [0.3, 0.4) is 0 Å². The van der Waals surface area contributed by atoms with Gasteiger partial charge in [0.25, 0.3) is 0 Å². The molecule has 0 N–H and O–H groups in total. The summed E-state index contributed by atoms with van der Waals surface area (Å²) in [5.41, 5.74) is -2.73. The number of carbonyl (C=O) groups excluding carboxylic acids is 4. The Kier molecular flexibility index (Phi) is 13.0. The first-order valence-corrected chi connectivity index (χ1v) is 16.3. The molecule has 10 heteroatoms. The Morgan fingerprint density at radius 2 is 1.15 bits per heavy atom. The van der Waals surface area contributed by atoms with Crippen LogP contribution >= 0.6 is 0 Å². The van der Waals surface area contributed by atoms with E-state index in [1.165, 1.54) is 0 Å². The van der Waals surface area contributed by atoms with Gasteiger partial charge >= 0.3 is 23.9 Å². The summed E-state index contributed by atoms with van der Waals surface area (Å²) in [4.78, 5) is 55.5. The van der Waals surface area contributed by atoms with E-state index in [9.17, 15) is 19.2 Å². The molecule has 1 heterocycles. The smallest absolute Gasteiger partial charge is 0.311 e. The molecular weight excluding hydrogens is 602 g/mol. The summed E-state index contributed by atoms with van der Waals surface area (Å²) >= 11 is 0. The van der Waals surface area contributed by atoms with Crippen LogP contribution in [0.1, 0.15) is 102 Å². The summed E-state index contributed by atoms with van der Waals surface area (Å²) < 4.78 is 30.9. The summed E-state index contributed by atoms with van der Waals surface area (Å²) in [5.74, 6) is -2.27. The Morgan fingerprint density at radius 3 is 1.57 bits per heavy atom. The molecule has 6 atom stereocenters. The van der Waals surface area contributed by atoms with E-state index in [0.29, 0.717) is 0 Å². The highest BCUT2D eigenvalue weighted by Gasteiger charge is 2.56. The molecule has 264 valence electrons. The van der Waals surface area contributed by atoms with E-state index >= 15 is 0 Å². The zero-order valence-electron chi connectivity index (χ0n) is 30.7. The molecule has 1 aliphatic heterocycles. The summed E-state index contributed by atoms with van der Waals surface area (Å²) in [6.45, 7) is 26.4. The fraction of sp³-hybridized carbons (Fsp3) is 0.676. The van der Waals surface area contributed by atoms with E-state index in [4.69, 9.17) is 23.7 Å². The van der Waals surface area contributed by atoms with Gasteiger partial charge in [0.15, 0.2) is 24.5 Å². The normalized spacial score (nSPS) is 23.0. The van der Waals surface area contributed by atoms with E-state index in [-0.39, 0.29) is 19.2 Å². The van der Waals surface area contributed by atoms with E-state index < -0.39 is 76.2 Å². The number of hydrogen-bond donors (Lipinski definition) is 0. The van der Waals surface area contributed by atoms with Gasteiger partial charge in [-0.2, -0.15) is 0 Å². The lowest BCUT2D eigenvalue weighted by Crippen LogP contribution is -2.67. The molecular formula is C37H57NO9. The van der Waals surface area contributed by atoms with Crippen LogP contribution in [-0.2, 0) is 42.9 Å². The van der Waals surface area contributed by atoms with Gasteiger partial charge in [0, 0.05) is 12.6 Å². The highest BCUT2D eigenvalue weighted by atomic mass is 16.7. The van der Waals surface area contributed by atoms with Crippen LogP contribution in [0.5, 0.6) is 0 Å². The second-order valence-corrected chi connectivity index (χ2v) is 16.3. The number of rotatable bonds is 10. The molecule has 0 bridgehead atoms. The minimum absolute atomic E-state index is 0.283. The average Bonchev–Trinajstić information content (AvgIpc) is 2.94. The predicted octanol–water partition coefficient (Wildman–Crippen LogP) is 6.42. The largest absolute Gasteiger partial charge is 0.462 e. The first-order valence-electron chi connectivity index (χ1n) is 16.3. The summed E-state index contributed by atoms with van der Waals surface area (Å²) in [5, 5.41) is 0. The van der Waals surface area contributed by atoms with Gasteiger partial charge in [-0.05, 0) is 95.6 Å². The minimum Gasteiger partial charge on any atom is -0.462 e. The molecule has 1 aromatic rings. The molecule has 1 aliphatic rings. The van der Waals surface area contributed by atoms with Gasteiger partial charge in [-0.1, -0.05) is 36.4 Å². The molecule has 47 heavy (non-hydrogen) atoms. The second-order valence-electron chi connectivity index (χ2n) is 16.3. The highest BCUT2D eigenvalue weighted by molar-refractivity contribution is 5.78. The van der Waals surface area contributed by atoms with Gasteiger partial charge in [0.05, 0.1) is 21.7 Å². The molecule has 1 saturated heterocycles. The van der Waals surface area contributed by atoms with Gasteiger partial charge in [0.1, 0.15) is 12.7 Å². The number of carbonyl (C=O) groups is 4. The van der Waals surface area contributed by atoms with E-state index in [2.05, 4.69) is 6.58 Å². The first-order chi connectivity index (χ1) is 21.4. The van der Waals surface area contributed by atoms with Crippen molar-refractivity contribution in [2.75, 3.05) is 13.2 Å². The molecule has 1 aromatic carbocycles. The molecule has 0 aromatic heterocycles. The molecule has 0 spiro atoms. The van der Waals surface area contributed by atoms with E-state index in [1.807, 2.05) is 42.2 Å². The van der Waals surface area contributed by atoms with Crippen molar-refractivity contribution in [3.63, 3.8) is 0 Å². The van der Waals surface area contributed by atoms with Gasteiger partial charge in [-0.3, -0.25) is 24.1 Å². The maximum atomic E-state index is 13.6. The Hall–Kier alpha value is -3.24. The lowest BCUT2D eigenvalue weighted by Gasteiger charge is -2.50. The lowest BCUT2D eigenvalue weighted by atomic mass is 9.91. The van der Waals surface area contributed by atoms with Gasteiger partial charge in [-0.25, -0.2) is 0 Å². The molecule has 0 radical (unpaired) electrons. The molecule has 6 unspecified atom stereocenters. The van der Waals surface area contributed by atoms with Crippen LogP contribution in [0.15, 0.2) is 43.0 Å². The van der Waals surface area contributed by atoms with Crippen molar-refractivity contribution in [1.29, 1.82) is 0 Å². The third-order valence-corrected chi connectivity index (χ3v) is 7.61. The second kappa shape index (κ2) is 15.3. The Morgan fingerprint density at radius 1 is 0.723 bits per heavy atom. The Balaban J connectivity index is 2.86. The third-order valence-electron chi connectivity index (χ3n) is 7.61. The lowest BCUT2D eigenvalue weighted by molar-refractivity contribution is -0.286. The van der Waals surface area contributed by atoms with Crippen molar-refractivity contribution in [1.82, 2.24) is 4.90 Å². The standard InChI is InChI=1S/C37H57NO9/c1-15-21-38(23(2)24-19-17-16-18-20-24)29-28(47-33(42)37(12,13)14)27(46-32(41)36(9,10)11)26(45-31(40)35(6,7)8)25(44-29)22-43-30(39)34(3,4)5/h15-20,23,25-29H,1,21-22H2,2-14H3. The number of benzene rings is 1. The maximum absolute atomic E-state index is 13.6. The van der Waals surface area contributed by atoms with Crippen molar-refractivity contribution < 1.29 is 42.9 Å². The van der Waals surface area contributed by atoms with Crippen LogP contribution in [0.2, 0.25) is 0 Å². The van der Waals surface area contributed by atoms with Gasteiger partial charge in [0.2, 0.25) is 0 Å². The van der Waals surface area contributed by atoms with Crippen LogP contribution in [0.25, 0.3) is 0 Å². The third kappa shape index (κ3) is 10.9. The zero-order chi connectivity index (χ0) is 36.1. The quantitative estimate of drug-likeness (QED) is 0.158. The first kappa shape index (κ1) is 39.9. The van der Waals surface area contributed by atoms with E-state index in [0.717, 1.165) is 5.56 Å².